The lowest BCUT2D eigenvalue weighted by Crippen LogP contribution is -1.84. The van der Waals surface area contributed by atoms with Gasteiger partial charge in [-0.25, -0.2) is 0 Å². The van der Waals surface area contributed by atoms with Gasteiger partial charge in [-0.2, -0.15) is 0 Å². The van der Waals surface area contributed by atoms with E-state index >= 15 is 0 Å². The molecule has 0 aliphatic heterocycles. The molecule has 0 fully saturated rings. The molecular formula is C10H12S. The third-order valence-corrected chi connectivity index (χ3v) is 2.78. The number of benzene rings is 1. The minimum Gasteiger partial charge on any atom is -0.143 e. The zero-order valence-electron chi connectivity index (χ0n) is 6.67. The molecule has 0 radical (unpaired) electrons. The smallest absolute Gasteiger partial charge is 0.00429 e. The quantitative estimate of drug-likeness (QED) is 0.560. The van der Waals surface area contributed by atoms with Crippen molar-refractivity contribution in [2.75, 3.05) is 0 Å². The molecule has 2 rings (SSSR count). The van der Waals surface area contributed by atoms with E-state index in [0.29, 0.717) is 0 Å². The number of rotatable bonds is 0. The van der Waals surface area contributed by atoms with Crippen LogP contribution in [0.3, 0.4) is 0 Å². The van der Waals surface area contributed by atoms with Gasteiger partial charge in [0.1, 0.15) is 0 Å². The van der Waals surface area contributed by atoms with E-state index in [4.69, 9.17) is 0 Å². The predicted octanol–water partition coefficient (Wildman–Crippen LogP) is 3.03. The summed E-state index contributed by atoms with van der Waals surface area (Å²) in [7, 11) is 0. The van der Waals surface area contributed by atoms with Crippen molar-refractivity contribution in [3.05, 3.63) is 29.3 Å². The van der Waals surface area contributed by atoms with Crippen LogP contribution in [0.5, 0.6) is 0 Å². The molecule has 0 bridgehead atoms. The monoisotopic (exact) mass is 164 g/mol. The van der Waals surface area contributed by atoms with Crippen molar-refractivity contribution in [2.24, 2.45) is 0 Å². The van der Waals surface area contributed by atoms with Crippen LogP contribution in [-0.4, -0.2) is 0 Å². The molecule has 1 aliphatic carbocycles. The maximum Gasteiger partial charge on any atom is 0.00429 e. The van der Waals surface area contributed by atoms with Crippen molar-refractivity contribution in [3.63, 3.8) is 0 Å². The van der Waals surface area contributed by atoms with Crippen molar-refractivity contribution in [1.82, 2.24) is 0 Å². The van der Waals surface area contributed by atoms with Crippen molar-refractivity contribution in [2.45, 2.75) is 30.6 Å². The van der Waals surface area contributed by atoms with E-state index in [1.165, 1.54) is 24.0 Å². The zero-order chi connectivity index (χ0) is 7.84. The Labute approximate surface area is 73.0 Å². The second kappa shape index (κ2) is 2.56. The van der Waals surface area contributed by atoms with E-state index in [2.05, 4.69) is 37.8 Å². The average Bonchev–Trinajstić information content (AvgIpc) is 2.32. The van der Waals surface area contributed by atoms with E-state index in [1.807, 2.05) is 0 Å². The van der Waals surface area contributed by atoms with E-state index < -0.39 is 0 Å². The first-order valence-electron chi connectivity index (χ1n) is 4.09. The Morgan fingerprint density at radius 2 is 2.27 bits per heavy atom. The minimum atomic E-state index is 0.763. The second-order valence-electron chi connectivity index (χ2n) is 3.32. The number of thiol groups is 1. The minimum absolute atomic E-state index is 0.763. The predicted molar refractivity (Wildman–Crippen MR) is 50.4 cm³/mol. The fraction of sp³-hybridized carbons (Fsp3) is 0.400. The van der Waals surface area contributed by atoms with E-state index in [1.54, 1.807) is 0 Å². The molecule has 1 aromatic rings. The van der Waals surface area contributed by atoms with Gasteiger partial charge in [0.25, 0.3) is 0 Å². The lowest BCUT2D eigenvalue weighted by molar-refractivity contribution is 0.747. The third-order valence-electron chi connectivity index (χ3n) is 2.50. The number of hydrogen-bond donors (Lipinski definition) is 1. The molecule has 0 unspecified atom stereocenters. The molecule has 0 saturated heterocycles. The summed E-state index contributed by atoms with van der Waals surface area (Å²) in [5, 5.41) is 0. The van der Waals surface area contributed by atoms with Crippen LogP contribution in [0.2, 0.25) is 0 Å². The zero-order valence-corrected chi connectivity index (χ0v) is 7.57. The van der Waals surface area contributed by atoms with Gasteiger partial charge in [0.05, 0.1) is 0 Å². The molecule has 0 amide bonds. The Bertz CT molecular complexity index is 278. The molecule has 0 saturated carbocycles. The van der Waals surface area contributed by atoms with Gasteiger partial charge in [-0.3, -0.25) is 0 Å². The first-order chi connectivity index (χ1) is 5.27. The Morgan fingerprint density at radius 3 is 3.09 bits per heavy atom. The van der Waals surface area contributed by atoms with Crippen molar-refractivity contribution in [3.8, 4) is 0 Å². The van der Waals surface area contributed by atoms with Crippen LogP contribution in [0, 0.1) is 0 Å². The lowest BCUT2D eigenvalue weighted by atomic mass is 10.0. The van der Waals surface area contributed by atoms with Gasteiger partial charge in [-0.05, 0) is 42.0 Å². The van der Waals surface area contributed by atoms with Gasteiger partial charge >= 0.3 is 0 Å². The largest absolute Gasteiger partial charge is 0.143 e. The number of fused-ring (bicyclic) bond motifs is 1. The van der Waals surface area contributed by atoms with E-state index in [9.17, 15) is 0 Å². The van der Waals surface area contributed by atoms with Crippen LogP contribution in [0.25, 0.3) is 0 Å². The molecule has 11 heavy (non-hydrogen) atoms. The van der Waals surface area contributed by atoms with Gasteiger partial charge in [-0.1, -0.05) is 13.0 Å². The van der Waals surface area contributed by atoms with E-state index in [0.717, 1.165) is 10.8 Å². The molecule has 1 aliphatic rings. The van der Waals surface area contributed by atoms with E-state index in [-0.39, 0.29) is 0 Å². The highest BCUT2D eigenvalue weighted by molar-refractivity contribution is 7.80. The molecule has 0 aromatic heterocycles. The second-order valence-corrected chi connectivity index (χ2v) is 3.84. The first kappa shape index (κ1) is 7.23. The van der Waals surface area contributed by atoms with Crippen molar-refractivity contribution in [1.29, 1.82) is 0 Å². The summed E-state index contributed by atoms with van der Waals surface area (Å²) < 4.78 is 0. The van der Waals surface area contributed by atoms with Crippen LogP contribution in [0.15, 0.2) is 23.1 Å². The molecule has 1 aromatic carbocycles. The maximum absolute atomic E-state index is 4.31. The highest BCUT2D eigenvalue weighted by Crippen LogP contribution is 2.33. The molecule has 58 valence electrons. The van der Waals surface area contributed by atoms with Gasteiger partial charge in [0.2, 0.25) is 0 Å². The van der Waals surface area contributed by atoms with Gasteiger partial charge in [0.15, 0.2) is 0 Å². The van der Waals surface area contributed by atoms with Crippen molar-refractivity contribution < 1.29 is 0 Å². The molecule has 0 nitrogen and oxygen atoms in total. The average molecular weight is 164 g/mol. The lowest BCUT2D eigenvalue weighted by Gasteiger charge is -2.03. The standard InChI is InChI=1S/C10H12S/c1-7-2-3-8-6-9(11)4-5-10(7)8/h4-7,11H,2-3H2,1H3/t7-/m1/s1. The highest BCUT2D eigenvalue weighted by atomic mass is 32.1. The van der Waals surface area contributed by atoms with Crippen LogP contribution in [0.4, 0.5) is 0 Å². The molecule has 1 atom stereocenters. The molecular weight excluding hydrogens is 152 g/mol. The Balaban J connectivity index is 2.50. The number of aryl methyl sites for hydroxylation is 1. The van der Waals surface area contributed by atoms with Crippen molar-refractivity contribution >= 4 is 12.6 Å². The summed E-state index contributed by atoms with van der Waals surface area (Å²) in [5.41, 5.74) is 3.04. The Morgan fingerprint density at radius 1 is 1.45 bits per heavy atom. The molecule has 0 N–H and O–H groups in total. The Hall–Kier alpha value is -0.430. The van der Waals surface area contributed by atoms with Gasteiger partial charge < -0.3 is 0 Å². The van der Waals surface area contributed by atoms with Gasteiger partial charge in [0, 0.05) is 4.90 Å². The molecule has 1 heteroatoms. The normalized spacial score (nSPS) is 21.8. The topological polar surface area (TPSA) is 0 Å². The summed E-state index contributed by atoms with van der Waals surface area (Å²) in [6.07, 6.45) is 2.55. The molecule has 0 heterocycles. The van der Waals surface area contributed by atoms with Crippen LogP contribution in [0.1, 0.15) is 30.4 Å². The molecule has 0 spiro atoms. The SMILES string of the molecule is C[C@@H]1CCc2cc(S)ccc21. The van der Waals surface area contributed by atoms with Crippen LogP contribution >= 0.6 is 12.6 Å². The van der Waals surface area contributed by atoms with Gasteiger partial charge in [-0.15, -0.1) is 12.6 Å². The van der Waals surface area contributed by atoms with Crippen LogP contribution < -0.4 is 0 Å². The fourth-order valence-corrected chi connectivity index (χ4v) is 2.05. The van der Waals surface area contributed by atoms with Crippen LogP contribution in [-0.2, 0) is 6.42 Å². The summed E-state index contributed by atoms with van der Waals surface area (Å²) in [5.74, 6) is 0.763. The number of hydrogen-bond acceptors (Lipinski definition) is 1. The summed E-state index contributed by atoms with van der Waals surface area (Å²) >= 11 is 4.31. The third kappa shape index (κ3) is 1.18. The summed E-state index contributed by atoms with van der Waals surface area (Å²) in [6, 6.07) is 6.50. The fourth-order valence-electron chi connectivity index (χ4n) is 1.82. The summed E-state index contributed by atoms with van der Waals surface area (Å²) in [6.45, 7) is 2.30. The Kier molecular flexibility index (Phi) is 1.68. The highest BCUT2D eigenvalue weighted by Gasteiger charge is 2.17. The summed E-state index contributed by atoms with van der Waals surface area (Å²) in [4.78, 5) is 1.10. The maximum atomic E-state index is 4.31. The first-order valence-corrected chi connectivity index (χ1v) is 4.54.